The van der Waals surface area contributed by atoms with Gasteiger partial charge in [-0.05, 0) is 34.0 Å². The van der Waals surface area contributed by atoms with Gasteiger partial charge in [0.05, 0.1) is 23.7 Å². The maximum absolute atomic E-state index is 6.67. The molecule has 4 heteroatoms. The highest BCUT2D eigenvalue weighted by Crippen LogP contribution is 2.35. The van der Waals surface area contributed by atoms with Gasteiger partial charge in [0.15, 0.2) is 0 Å². The van der Waals surface area contributed by atoms with Crippen LogP contribution in [0, 0.1) is 0 Å². The van der Waals surface area contributed by atoms with Crippen molar-refractivity contribution < 1.29 is 0 Å². The third-order valence-corrected chi connectivity index (χ3v) is 6.40. The molecule has 4 nitrogen and oxygen atoms in total. The highest BCUT2D eigenvalue weighted by molar-refractivity contribution is 6.20. The van der Waals surface area contributed by atoms with Crippen LogP contribution < -0.4 is 16.3 Å². The fourth-order valence-corrected chi connectivity index (χ4v) is 4.81. The van der Waals surface area contributed by atoms with Crippen molar-refractivity contribution in [3.63, 3.8) is 0 Å². The van der Waals surface area contributed by atoms with Gasteiger partial charge in [-0.15, -0.1) is 0 Å². The summed E-state index contributed by atoms with van der Waals surface area (Å²) >= 11 is 0. The van der Waals surface area contributed by atoms with Gasteiger partial charge >= 0.3 is 0 Å². The van der Waals surface area contributed by atoms with E-state index in [1.54, 1.807) is 0 Å². The van der Waals surface area contributed by atoms with Crippen molar-refractivity contribution in [2.24, 2.45) is 5.73 Å². The number of nitrogens with zero attached hydrogens (tertiary/aromatic N) is 2. The molecule has 1 aromatic heterocycles. The second kappa shape index (κ2) is 8.67. The zero-order valence-electron chi connectivity index (χ0n) is 18.8. The Morgan fingerprint density at radius 2 is 1.29 bits per heavy atom. The second-order valence-electron chi connectivity index (χ2n) is 8.57. The standard InChI is InChI=1S/C30H26N4/c31-30(24-14-5-2-6-15-24)32-33(21-22-11-3-1-4-12-22)34-27-18-10-9-17-26(27)29-25-16-8-7-13-23(25)19-20-28(29)34/h1-20,30,32H,21,31H2. The Balaban J connectivity index is 1.57. The maximum Gasteiger partial charge on any atom is 0.1000 e. The van der Waals surface area contributed by atoms with E-state index in [1.165, 1.54) is 27.1 Å². The number of para-hydroxylation sites is 1. The second-order valence-corrected chi connectivity index (χ2v) is 8.57. The highest BCUT2D eigenvalue weighted by Gasteiger charge is 2.20. The van der Waals surface area contributed by atoms with Gasteiger partial charge in [-0.1, -0.05) is 109 Å². The van der Waals surface area contributed by atoms with E-state index in [0.717, 1.165) is 16.6 Å². The molecule has 0 aliphatic heterocycles. The Morgan fingerprint density at radius 3 is 2.09 bits per heavy atom. The van der Waals surface area contributed by atoms with Crippen LogP contribution in [0.25, 0.3) is 32.6 Å². The minimum atomic E-state index is -0.360. The van der Waals surface area contributed by atoms with Crippen LogP contribution in [-0.4, -0.2) is 4.68 Å². The fraction of sp³-hybridized carbons (Fsp3) is 0.0667. The Bertz CT molecular complexity index is 1570. The van der Waals surface area contributed by atoms with Crippen molar-refractivity contribution in [1.82, 2.24) is 10.1 Å². The van der Waals surface area contributed by atoms with Gasteiger partial charge in [0.2, 0.25) is 0 Å². The number of rotatable bonds is 6. The third-order valence-electron chi connectivity index (χ3n) is 6.40. The van der Waals surface area contributed by atoms with Gasteiger partial charge in [-0.3, -0.25) is 0 Å². The predicted octanol–water partition coefficient (Wildman–Crippen LogP) is 6.25. The van der Waals surface area contributed by atoms with Gasteiger partial charge in [-0.25, -0.2) is 9.79 Å². The first-order valence-electron chi connectivity index (χ1n) is 11.6. The molecule has 0 saturated carbocycles. The van der Waals surface area contributed by atoms with Crippen molar-refractivity contribution in [2.45, 2.75) is 12.7 Å². The minimum Gasteiger partial charge on any atom is -0.311 e. The summed E-state index contributed by atoms with van der Waals surface area (Å²) in [5.74, 6) is 0. The summed E-state index contributed by atoms with van der Waals surface area (Å²) in [6, 6.07) is 42.2. The number of hydrogen-bond donors (Lipinski definition) is 2. The monoisotopic (exact) mass is 442 g/mol. The largest absolute Gasteiger partial charge is 0.311 e. The van der Waals surface area contributed by atoms with Crippen LogP contribution in [0.2, 0.25) is 0 Å². The first kappa shape index (κ1) is 20.5. The molecule has 0 aliphatic rings. The van der Waals surface area contributed by atoms with Crippen molar-refractivity contribution in [3.05, 3.63) is 132 Å². The van der Waals surface area contributed by atoms with Crippen molar-refractivity contribution in [1.29, 1.82) is 0 Å². The molecule has 5 aromatic carbocycles. The molecule has 6 aromatic rings. The molecule has 0 aliphatic carbocycles. The van der Waals surface area contributed by atoms with Crippen molar-refractivity contribution in [3.8, 4) is 0 Å². The molecule has 0 amide bonds. The number of nitrogens with two attached hydrogens (primary N) is 1. The fourth-order valence-electron chi connectivity index (χ4n) is 4.81. The van der Waals surface area contributed by atoms with E-state index >= 15 is 0 Å². The Hall–Kier alpha value is -4.12. The van der Waals surface area contributed by atoms with Crippen LogP contribution in [-0.2, 0) is 6.54 Å². The lowest BCUT2D eigenvalue weighted by Gasteiger charge is -2.31. The van der Waals surface area contributed by atoms with E-state index < -0.39 is 0 Å². The Labute approximate surface area is 198 Å². The molecule has 6 rings (SSSR count). The predicted molar refractivity (Wildman–Crippen MR) is 142 cm³/mol. The molecule has 3 N–H and O–H groups in total. The summed E-state index contributed by atoms with van der Waals surface area (Å²) < 4.78 is 2.27. The van der Waals surface area contributed by atoms with E-state index in [9.17, 15) is 0 Å². The van der Waals surface area contributed by atoms with E-state index in [1.807, 2.05) is 24.3 Å². The highest BCUT2D eigenvalue weighted by atomic mass is 15.8. The van der Waals surface area contributed by atoms with E-state index in [0.29, 0.717) is 6.54 Å². The molecular formula is C30H26N4. The van der Waals surface area contributed by atoms with Gasteiger partial charge < -0.3 is 5.73 Å². The lowest BCUT2D eigenvalue weighted by atomic mass is 10.0. The Morgan fingerprint density at radius 1 is 0.647 bits per heavy atom. The van der Waals surface area contributed by atoms with Crippen LogP contribution in [0.4, 0.5) is 0 Å². The quantitative estimate of drug-likeness (QED) is 0.237. The van der Waals surface area contributed by atoms with E-state index in [4.69, 9.17) is 5.73 Å². The summed E-state index contributed by atoms with van der Waals surface area (Å²) in [6.07, 6.45) is -0.360. The molecule has 0 bridgehead atoms. The topological polar surface area (TPSA) is 46.2 Å². The van der Waals surface area contributed by atoms with Crippen LogP contribution >= 0.6 is 0 Å². The number of hydrazine groups is 1. The molecular weight excluding hydrogens is 416 g/mol. The summed E-state index contributed by atoms with van der Waals surface area (Å²) in [7, 11) is 0. The molecule has 1 atom stereocenters. The maximum atomic E-state index is 6.67. The lowest BCUT2D eigenvalue weighted by Crippen LogP contribution is -2.49. The molecule has 0 fully saturated rings. The molecule has 0 saturated heterocycles. The minimum absolute atomic E-state index is 0.360. The molecule has 1 unspecified atom stereocenters. The number of aromatic nitrogens is 1. The van der Waals surface area contributed by atoms with Crippen LogP contribution in [0.3, 0.4) is 0 Å². The van der Waals surface area contributed by atoms with Gasteiger partial charge in [-0.2, -0.15) is 5.43 Å². The molecule has 0 spiro atoms. The SMILES string of the molecule is NC(NN(Cc1ccccc1)n1c2ccccc2c2c3ccccc3ccc21)c1ccccc1. The zero-order valence-corrected chi connectivity index (χ0v) is 18.8. The summed E-state index contributed by atoms with van der Waals surface area (Å²) in [5, 5.41) is 7.11. The molecule has 166 valence electrons. The zero-order chi connectivity index (χ0) is 22.9. The molecule has 1 heterocycles. The average Bonchev–Trinajstić information content (AvgIpc) is 3.24. The first-order chi connectivity index (χ1) is 16.8. The van der Waals surface area contributed by atoms with Crippen LogP contribution in [0.15, 0.2) is 121 Å². The van der Waals surface area contributed by atoms with Gasteiger partial charge in [0.25, 0.3) is 0 Å². The lowest BCUT2D eigenvalue weighted by molar-refractivity contribution is 0.428. The van der Waals surface area contributed by atoms with Crippen molar-refractivity contribution >= 4 is 32.6 Å². The van der Waals surface area contributed by atoms with Crippen LogP contribution in [0.1, 0.15) is 17.3 Å². The third kappa shape index (κ3) is 3.59. The van der Waals surface area contributed by atoms with Gasteiger partial charge in [0.1, 0.15) is 0 Å². The molecule has 34 heavy (non-hydrogen) atoms. The number of benzene rings is 5. The normalized spacial score (nSPS) is 12.4. The summed E-state index contributed by atoms with van der Waals surface area (Å²) in [6.45, 7) is 0.655. The van der Waals surface area contributed by atoms with Gasteiger partial charge in [0, 0.05) is 10.8 Å². The summed E-state index contributed by atoms with van der Waals surface area (Å²) in [4.78, 5) is 0. The number of hydrogen-bond acceptors (Lipinski definition) is 3. The van der Waals surface area contributed by atoms with Crippen LogP contribution in [0.5, 0.6) is 0 Å². The van der Waals surface area contributed by atoms with E-state index in [2.05, 4.69) is 112 Å². The van der Waals surface area contributed by atoms with Crippen molar-refractivity contribution in [2.75, 3.05) is 5.12 Å². The average molecular weight is 443 g/mol. The number of fused-ring (bicyclic) bond motifs is 5. The van der Waals surface area contributed by atoms with E-state index in [-0.39, 0.29) is 6.17 Å². The molecule has 0 radical (unpaired) electrons. The smallest absolute Gasteiger partial charge is 0.1000 e. The Kier molecular flexibility index (Phi) is 5.22. The first-order valence-corrected chi connectivity index (χ1v) is 11.6. The summed E-state index contributed by atoms with van der Waals surface area (Å²) in [5.41, 5.74) is 14.8. The number of nitrogens with one attached hydrogen (secondary N) is 1.